The summed E-state index contributed by atoms with van der Waals surface area (Å²) in [5.74, 6) is -2.11. The van der Waals surface area contributed by atoms with Gasteiger partial charge in [-0.3, -0.25) is 43.4 Å². The normalized spacial score (nSPS) is 10.7. The Labute approximate surface area is 403 Å². The SMILES string of the molecule is CCCCCCCCCCC(=O)O.CCCCN(OCCO)OCCO.CCCCN(OCCO)OCCO.CCCCN(OCCO)OCCO.O=C(O)CCCCCCCCCC(=O)O. The molecule has 0 fully saturated rings. The molecule has 0 aliphatic carbocycles. The minimum Gasteiger partial charge on any atom is -0.481 e. The van der Waals surface area contributed by atoms with E-state index in [2.05, 4.69) is 27.7 Å². The first-order valence-corrected chi connectivity index (χ1v) is 24.8. The number of aliphatic hydroxyl groups is 6. The lowest BCUT2D eigenvalue weighted by molar-refractivity contribution is -0.371. The Hall–Kier alpha value is -2.19. The maximum atomic E-state index is 10.2. The van der Waals surface area contributed by atoms with E-state index in [4.69, 9.17) is 75.0 Å². The van der Waals surface area contributed by atoms with Gasteiger partial charge < -0.3 is 46.0 Å². The van der Waals surface area contributed by atoms with Crippen LogP contribution in [0.5, 0.6) is 0 Å². The van der Waals surface area contributed by atoms with E-state index in [1.54, 1.807) is 0 Å². The van der Waals surface area contributed by atoms with Gasteiger partial charge in [0.1, 0.15) is 0 Å². The second kappa shape index (κ2) is 68.1. The fourth-order valence-electron chi connectivity index (χ4n) is 5.06. The van der Waals surface area contributed by atoms with Crippen LogP contribution in [-0.4, -0.2) is 178 Å². The number of carboxylic acids is 3. The molecule has 21 heteroatoms. The summed E-state index contributed by atoms with van der Waals surface area (Å²) in [7, 11) is 0. The molecule has 0 spiro atoms. The number of rotatable bonds is 46. The van der Waals surface area contributed by atoms with Gasteiger partial charge in [0.25, 0.3) is 0 Å². The molecule has 0 unspecified atom stereocenters. The molecule has 0 aliphatic rings. The number of hydrogen-bond donors (Lipinski definition) is 9. The van der Waals surface area contributed by atoms with E-state index < -0.39 is 17.9 Å². The fraction of sp³-hybridized carbons (Fsp3) is 0.935. The second-order valence-electron chi connectivity index (χ2n) is 15.0. The molecule has 0 aromatic carbocycles. The van der Waals surface area contributed by atoms with Crippen LogP contribution in [0.1, 0.15) is 182 Å². The van der Waals surface area contributed by atoms with E-state index in [1.165, 1.54) is 54.2 Å². The second-order valence-corrected chi connectivity index (χ2v) is 15.0. The number of aliphatic carboxylic acids is 3. The molecule has 0 amide bonds. The van der Waals surface area contributed by atoms with Crippen LogP contribution in [0.2, 0.25) is 0 Å². The number of aliphatic hydroxyl groups excluding tert-OH is 6. The molecular formula is C46H99N3O18. The first-order valence-electron chi connectivity index (χ1n) is 24.8. The van der Waals surface area contributed by atoms with Crippen LogP contribution in [0, 0.1) is 0 Å². The lowest BCUT2D eigenvalue weighted by Gasteiger charge is -2.19. The van der Waals surface area contributed by atoms with Crippen LogP contribution in [0.4, 0.5) is 0 Å². The number of carboxylic acid groups (broad SMARTS) is 3. The maximum Gasteiger partial charge on any atom is 0.303 e. The topological polar surface area (TPSA) is 298 Å². The largest absolute Gasteiger partial charge is 0.481 e. The highest BCUT2D eigenvalue weighted by Crippen LogP contribution is 2.10. The molecule has 0 aromatic rings. The Morgan fingerprint density at radius 3 is 0.642 bits per heavy atom. The molecule has 0 radical (unpaired) electrons. The predicted molar refractivity (Wildman–Crippen MR) is 255 cm³/mol. The molecule has 9 N–H and O–H groups in total. The van der Waals surface area contributed by atoms with Crippen LogP contribution in [0.15, 0.2) is 0 Å². The quantitative estimate of drug-likeness (QED) is 0.0247. The fourth-order valence-corrected chi connectivity index (χ4v) is 5.06. The molecule has 0 saturated carbocycles. The summed E-state index contributed by atoms with van der Waals surface area (Å²) in [6, 6.07) is 0. The molecule has 0 atom stereocenters. The highest BCUT2D eigenvalue weighted by atomic mass is 17.0. The number of hydrogen-bond acceptors (Lipinski definition) is 18. The zero-order valence-electron chi connectivity index (χ0n) is 42.1. The summed E-state index contributed by atoms with van der Waals surface area (Å²) in [6.07, 6.45) is 23.2. The number of carbonyl (C=O) groups is 3. The Kier molecular flexibility index (Phi) is 75.0. The van der Waals surface area contributed by atoms with Crippen molar-refractivity contribution in [3.05, 3.63) is 0 Å². The average molecular weight is 982 g/mol. The standard InChI is InChI=1S/C11H20O4.C11H22O2.3C8H19NO4/c12-10(13)8-6-4-2-1-3-5-7-9-11(14)15;1-2-3-4-5-6-7-8-9-10-11(12)13;3*1-2-3-4-9(12-7-5-10)13-8-6-11/h1-9H2,(H,12,13)(H,14,15);2-10H2,1H3,(H,12,13);3*10-11H,2-8H2,1H3. The van der Waals surface area contributed by atoms with Crippen LogP contribution in [0.3, 0.4) is 0 Å². The van der Waals surface area contributed by atoms with Crippen molar-refractivity contribution in [2.24, 2.45) is 0 Å². The minimum atomic E-state index is -0.726. The summed E-state index contributed by atoms with van der Waals surface area (Å²) in [5.41, 5.74) is 0. The summed E-state index contributed by atoms with van der Waals surface area (Å²) in [4.78, 5) is 60.8. The Bertz CT molecular complexity index is 815. The zero-order valence-corrected chi connectivity index (χ0v) is 42.1. The van der Waals surface area contributed by atoms with Crippen molar-refractivity contribution in [1.82, 2.24) is 15.7 Å². The molecule has 0 saturated heterocycles. The maximum absolute atomic E-state index is 10.2. The van der Waals surface area contributed by atoms with Gasteiger partial charge in [-0.15, -0.1) is 0 Å². The van der Waals surface area contributed by atoms with Gasteiger partial charge in [-0.25, -0.2) is 0 Å². The summed E-state index contributed by atoms with van der Waals surface area (Å²) < 4.78 is 0. The molecule has 21 nitrogen and oxygen atoms in total. The molecule has 406 valence electrons. The third kappa shape index (κ3) is 78.3. The van der Waals surface area contributed by atoms with E-state index in [9.17, 15) is 14.4 Å². The zero-order chi connectivity index (χ0) is 51.3. The van der Waals surface area contributed by atoms with Crippen molar-refractivity contribution >= 4 is 17.9 Å². The highest BCUT2D eigenvalue weighted by Gasteiger charge is 2.06. The van der Waals surface area contributed by atoms with E-state index in [0.29, 0.717) is 26.1 Å². The van der Waals surface area contributed by atoms with Crippen molar-refractivity contribution in [2.45, 2.75) is 182 Å². The van der Waals surface area contributed by atoms with E-state index in [-0.39, 0.29) is 92.1 Å². The van der Waals surface area contributed by atoms with E-state index in [1.807, 2.05) is 0 Å². The molecule has 0 heterocycles. The predicted octanol–water partition coefficient (Wildman–Crippen LogP) is 6.08. The highest BCUT2D eigenvalue weighted by molar-refractivity contribution is 5.67. The van der Waals surface area contributed by atoms with Crippen LogP contribution in [0.25, 0.3) is 0 Å². The van der Waals surface area contributed by atoms with Crippen LogP contribution < -0.4 is 0 Å². The van der Waals surface area contributed by atoms with Crippen molar-refractivity contribution < 1.29 is 89.4 Å². The Morgan fingerprint density at radius 2 is 0.478 bits per heavy atom. The van der Waals surface area contributed by atoms with Gasteiger partial charge in [-0.05, 0) is 38.5 Å². The van der Waals surface area contributed by atoms with Crippen molar-refractivity contribution in [3.8, 4) is 0 Å². The average Bonchev–Trinajstić information content (AvgIpc) is 3.31. The van der Waals surface area contributed by atoms with Crippen molar-refractivity contribution in [1.29, 1.82) is 0 Å². The van der Waals surface area contributed by atoms with Gasteiger partial charge >= 0.3 is 17.9 Å². The van der Waals surface area contributed by atoms with Gasteiger partial charge in [-0.2, -0.15) is 0 Å². The molecule has 67 heavy (non-hydrogen) atoms. The number of hydroxylamine groups is 6. The van der Waals surface area contributed by atoms with Gasteiger partial charge in [0.2, 0.25) is 0 Å². The molecule has 0 rings (SSSR count). The van der Waals surface area contributed by atoms with Gasteiger partial charge in [0, 0.05) is 19.3 Å². The summed E-state index contributed by atoms with van der Waals surface area (Å²) in [5, 5.41) is 80.2. The molecule has 0 aromatic heterocycles. The number of unbranched alkanes of at least 4 members (excludes halogenated alkanes) is 16. The lowest BCUT2D eigenvalue weighted by atomic mass is 10.1. The van der Waals surface area contributed by atoms with Gasteiger partial charge in [0.15, 0.2) is 0 Å². The van der Waals surface area contributed by atoms with Gasteiger partial charge in [0.05, 0.1) is 98.9 Å². The molecule has 0 aliphatic heterocycles. The Balaban J connectivity index is -0.000000239. The van der Waals surface area contributed by atoms with Crippen LogP contribution >= 0.6 is 0 Å². The lowest BCUT2D eigenvalue weighted by Crippen LogP contribution is -2.28. The first kappa shape index (κ1) is 73.8. The summed E-state index contributed by atoms with van der Waals surface area (Å²) >= 11 is 0. The Morgan fingerprint density at radius 1 is 0.299 bits per heavy atom. The smallest absolute Gasteiger partial charge is 0.303 e. The minimum absolute atomic E-state index is 0.0366. The monoisotopic (exact) mass is 982 g/mol. The van der Waals surface area contributed by atoms with Gasteiger partial charge in [-0.1, -0.05) is 140 Å². The third-order valence-corrected chi connectivity index (χ3v) is 8.57. The third-order valence-electron chi connectivity index (χ3n) is 8.57. The first-order chi connectivity index (χ1) is 32.4. The number of nitrogens with zero attached hydrogens (tertiary/aromatic N) is 3. The van der Waals surface area contributed by atoms with Crippen LogP contribution in [-0.2, 0) is 43.4 Å². The van der Waals surface area contributed by atoms with Crippen molar-refractivity contribution in [3.63, 3.8) is 0 Å². The van der Waals surface area contributed by atoms with E-state index >= 15 is 0 Å². The van der Waals surface area contributed by atoms with Crippen molar-refractivity contribution in [2.75, 3.05) is 98.9 Å². The summed E-state index contributed by atoms with van der Waals surface area (Å²) in [6.45, 7) is 11.4. The van der Waals surface area contributed by atoms with E-state index in [0.717, 1.165) is 96.3 Å². The molecule has 0 bridgehead atoms. The molecular weight excluding hydrogens is 883 g/mol.